The molecule has 162 valence electrons. The molecular weight excluding hydrogens is 433 g/mol. The first-order valence-corrected chi connectivity index (χ1v) is 9.44. The van der Waals surface area contributed by atoms with Gasteiger partial charge in [-0.1, -0.05) is 12.1 Å². The highest BCUT2D eigenvalue weighted by molar-refractivity contribution is 6.31. The van der Waals surface area contributed by atoms with E-state index in [1.54, 1.807) is 13.0 Å². The van der Waals surface area contributed by atoms with Crippen LogP contribution in [-0.4, -0.2) is 29.2 Å². The second-order valence-electron chi connectivity index (χ2n) is 6.58. The largest absolute Gasteiger partial charge is 0.573 e. The number of halogens is 6. The number of rotatable bonds is 6. The van der Waals surface area contributed by atoms with Crippen LogP contribution in [-0.2, 0) is 11.3 Å². The summed E-state index contributed by atoms with van der Waals surface area (Å²) in [6.07, 6.45) is -4.94. The molecule has 0 aromatic heterocycles. The van der Waals surface area contributed by atoms with E-state index < -0.39 is 41.1 Å². The molecule has 4 nitrogen and oxygen atoms in total. The normalized spacial score (nSPS) is 19.3. The molecule has 2 aromatic carbocycles. The first kappa shape index (κ1) is 22.1. The fraction of sp³-hybridized carbons (Fsp3) is 0.350. The highest BCUT2D eigenvalue weighted by Crippen LogP contribution is 2.42. The number of amides is 1. The summed E-state index contributed by atoms with van der Waals surface area (Å²) in [5.41, 5.74) is 0.341. The summed E-state index contributed by atoms with van der Waals surface area (Å²) in [5, 5.41) is -0.929. The van der Waals surface area contributed by atoms with Crippen molar-refractivity contribution in [3.63, 3.8) is 0 Å². The van der Waals surface area contributed by atoms with Crippen LogP contribution in [0.1, 0.15) is 30.5 Å². The molecule has 0 saturated carbocycles. The minimum Gasteiger partial charge on any atom is -0.493 e. The van der Waals surface area contributed by atoms with Crippen molar-refractivity contribution >= 4 is 17.5 Å². The van der Waals surface area contributed by atoms with E-state index in [-0.39, 0.29) is 36.4 Å². The van der Waals surface area contributed by atoms with Gasteiger partial charge in [0, 0.05) is 6.54 Å². The molecule has 1 heterocycles. The number of ether oxygens (including phenoxy) is 2. The number of hydrogen-bond acceptors (Lipinski definition) is 3. The lowest BCUT2D eigenvalue weighted by Crippen LogP contribution is -2.30. The summed E-state index contributed by atoms with van der Waals surface area (Å²) in [6, 6.07) is 6.33. The van der Waals surface area contributed by atoms with Gasteiger partial charge >= 0.3 is 6.36 Å². The van der Waals surface area contributed by atoms with Crippen molar-refractivity contribution in [2.45, 2.75) is 37.7 Å². The van der Waals surface area contributed by atoms with Crippen LogP contribution in [0.2, 0.25) is 0 Å². The Balaban J connectivity index is 1.91. The zero-order valence-electron chi connectivity index (χ0n) is 15.7. The van der Waals surface area contributed by atoms with E-state index in [1.165, 1.54) is 23.1 Å². The van der Waals surface area contributed by atoms with Crippen LogP contribution in [0.3, 0.4) is 0 Å². The predicted octanol–water partition coefficient (Wildman–Crippen LogP) is 5.34. The van der Waals surface area contributed by atoms with E-state index in [0.717, 1.165) is 12.1 Å². The van der Waals surface area contributed by atoms with Crippen molar-refractivity contribution in [3.05, 3.63) is 59.2 Å². The molecule has 0 spiro atoms. The molecule has 1 aliphatic heterocycles. The van der Waals surface area contributed by atoms with E-state index in [9.17, 15) is 26.7 Å². The Morgan fingerprint density at radius 3 is 2.50 bits per heavy atom. The third kappa shape index (κ3) is 4.77. The van der Waals surface area contributed by atoms with Gasteiger partial charge in [-0.25, -0.2) is 8.78 Å². The van der Waals surface area contributed by atoms with Gasteiger partial charge in [-0.05, 0) is 43.2 Å². The van der Waals surface area contributed by atoms with E-state index in [0.29, 0.717) is 0 Å². The molecule has 0 aliphatic carbocycles. The van der Waals surface area contributed by atoms with Crippen molar-refractivity contribution < 1.29 is 36.2 Å². The summed E-state index contributed by atoms with van der Waals surface area (Å²) in [4.78, 5) is 13.8. The van der Waals surface area contributed by atoms with Crippen LogP contribution in [0, 0.1) is 11.6 Å². The highest BCUT2D eigenvalue weighted by atomic mass is 35.5. The molecule has 2 aromatic rings. The SMILES string of the molecule is CCOc1cccc(F)c1[C@H]1C[C@H](Cl)C(=O)N1Cc1ccc(OC(F)(F)F)c(F)c1. The average Bonchev–Trinajstić information content (AvgIpc) is 2.91. The molecule has 30 heavy (non-hydrogen) atoms. The Bertz CT molecular complexity index is 937. The molecule has 0 bridgehead atoms. The van der Waals surface area contributed by atoms with Crippen LogP contribution < -0.4 is 9.47 Å². The van der Waals surface area contributed by atoms with E-state index in [2.05, 4.69) is 4.74 Å². The number of alkyl halides is 4. The molecule has 1 saturated heterocycles. The van der Waals surface area contributed by atoms with Gasteiger partial charge in [0.1, 0.15) is 16.9 Å². The van der Waals surface area contributed by atoms with Gasteiger partial charge in [-0.15, -0.1) is 24.8 Å². The molecule has 10 heteroatoms. The molecule has 1 fully saturated rings. The van der Waals surface area contributed by atoms with Gasteiger partial charge in [-0.2, -0.15) is 0 Å². The Morgan fingerprint density at radius 2 is 1.87 bits per heavy atom. The number of carbonyl (C=O) groups excluding carboxylic acids is 1. The van der Waals surface area contributed by atoms with Gasteiger partial charge in [0.2, 0.25) is 5.91 Å². The third-order valence-electron chi connectivity index (χ3n) is 4.58. The maximum absolute atomic E-state index is 14.6. The molecule has 1 aliphatic rings. The van der Waals surface area contributed by atoms with Gasteiger partial charge in [-0.3, -0.25) is 4.79 Å². The van der Waals surface area contributed by atoms with E-state index in [1.807, 2.05) is 0 Å². The molecular formula is C20H17ClF5NO3. The highest BCUT2D eigenvalue weighted by Gasteiger charge is 2.41. The minimum atomic E-state index is -5.04. The third-order valence-corrected chi connectivity index (χ3v) is 4.94. The zero-order valence-corrected chi connectivity index (χ0v) is 16.4. The molecule has 0 unspecified atom stereocenters. The summed E-state index contributed by atoms with van der Waals surface area (Å²) < 4.78 is 74.7. The number of hydrogen-bond donors (Lipinski definition) is 0. The maximum atomic E-state index is 14.6. The average molecular weight is 450 g/mol. The second kappa shape index (κ2) is 8.67. The van der Waals surface area contributed by atoms with Crippen LogP contribution in [0.25, 0.3) is 0 Å². The Labute approximate surface area is 174 Å². The number of likely N-dealkylation sites (tertiary alicyclic amines) is 1. The lowest BCUT2D eigenvalue weighted by molar-refractivity contribution is -0.275. The van der Waals surface area contributed by atoms with Crippen molar-refractivity contribution in [2.24, 2.45) is 0 Å². The van der Waals surface area contributed by atoms with Crippen molar-refractivity contribution in [1.82, 2.24) is 4.90 Å². The van der Waals surface area contributed by atoms with Crippen LogP contribution in [0.5, 0.6) is 11.5 Å². The van der Waals surface area contributed by atoms with Crippen molar-refractivity contribution in [3.8, 4) is 11.5 Å². The summed E-state index contributed by atoms with van der Waals surface area (Å²) in [6.45, 7) is 1.81. The predicted molar refractivity (Wildman–Crippen MR) is 98.2 cm³/mol. The quantitative estimate of drug-likeness (QED) is 0.441. The molecule has 2 atom stereocenters. The molecule has 3 rings (SSSR count). The number of benzene rings is 2. The molecule has 0 radical (unpaired) electrons. The number of carbonyl (C=O) groups is 1. The van der Waals surface area contributed by atoms with E-state index in [4.69, 9.17) is 16.3 Å². The lowest BCUT2D eigenvalue weighted by atomic mass is 10.0. The fourth-order valence-corrected chi connectivity index (χ4v) is 3.68. The first-order chi connectivity index (χ1) is 14.1. The Morgan fingerprint density at radius 1 is 1.13 bits per heavy atom. The van der Waals surface area contributed by atoms with Crippen LogP contribution in [0.4, 0.5) is 22.0 Å². The summed E-state index contributed by atoms with van der Waals surface area (Å²) >= 11 is 6.11. The van der Waals surface area contributed by atoms with Gasteiger partial charge in [0.05, 0.1) is 18.2 Å². The Kier molecular flexibility index (Phi) is 6.40. The summed E-state index contributed by atoms with van der Waals surface area (Å²) in [7, 11) is 0. The topological polar surface area (TPSA) is 38.8 Å². The molecule has 0 N–H and O–H groups in total. The number of nitrogens with zero attached hydrogens (tertiary/aromatic N) is 1. The fourth-order valence-electron chi connectivity index (χ4n) is 3.39. The maximum Gasteiger partial charge on any atom is 0.573 e. The second-order valence-corrected chi connectivity index (χ2v) is 7.11. The van der Waals surface area contributed by atoms with Crippen LogP contribution in [0.15, 0.2) is 36.4 Å². The monoisotopic (exact) mass is 449 g/mol. The summed E-state index contributed by atoms with van der Waals surface area (Å²) in [5.74, 6) is -3.06. The zero-order chi connectivity index (χ0) is 22.1. The van der Waals surface area contributed by atoms with E-state index >= 15 is 0 Å². The Hall–Kier alpha value is -2.55. The van der Waals surface area contributed by atoms with Gasteiger partial charge in [0.25, 0.3) is 0 Å². The standard InChI is InChI=1S/C20H17ClF5NO3/c1-2-29-17-5-3-4-13(22)18(17)15-9-12(21)19(28)27(15)10-11-6-7-16(14(23)8-11)30-20(24,25)26/h3-8,12,15H,2,9-10H2,1H3/t12-,15+/m0/s1. The van der Waals surface area contributed by atoms with Crippen LogP contribution >= 0.6 is 11.6 Å². The lowest BCUT2D eigenvalue weighted by Gasteiger charge is -2.27. The van der Waals surface area contributed by atoms with Crippen molar-refractivity contribution in [2.75, 3.05) is 6.61 Å². The minimum absolute atomic E-state index is 0.0964. The van der Waals surface area contributed by atoms with Gasteiger partial charge in [0.15, 0.2) is 11.6 Å². The van der Waals surface area contributed by atoms with Crippen molar-refractivity contribution in [1.29, 1.82) is 0 Å². The first-order valence-electron chi connectivity index (χ1n) is 9.00. The molecule has 1 amide bonds. The smallest absolute Gasteiger partial charge is 0.493 e. The van der Waals surface area contributed by atoms with Gasteiger partial charge < -0.3 is 14.4 Å².